The lowest BCUT2D eigenvalue weighted by Crippen LogP contribution is -2.30. The van der Waals surface area contributed by atoms with E-state index in [0.717, 1.165) is 41.8 Å². The number of hydrogen-bond acceptors (Lipinski definition) is 4. The SMILES string of the molecule is O=C(NCCc1cccnc1)Nc1ccc2oc(C3CC3)nc2c1. The second kappa shape index (κ2) is 6.31. The Hall–Kier alpha value is -2.89. The highest BCUT2D eigenvalue weighted by Gasteiger charge is 2.28. The van der Waals surface area contributed by atoms with E-state index in [9.17, 15) is 4.79 Å². The third-order valence-electron chi connectivity index (χ3n) is 4.01. The molecule has 6 heteroatoms. The minimum atomic E-state index is -0.232. The van der Waals surface area contributed by atoms with Crippen LogP contribution >= 0.6 is 0 Å². The molecule has 4 rings (SSSR count). The van der Waals surface area contributed by atoms with Gasteiger partial charge in [-0.3, -0.25) is 4.98 Å². The van der Waals surface area contributed by atoms with Gasteiger partial charge in [0.2, 0.25) is 0 Å². The molecule has 0 radical (unpaired) electrons. The maximum absolute atomic E-state index is 12.0. The summed E-state index contributed by atoms with van der Waals surface area (Å²) in [6.45, 7) is 0.551. The van der Waals surface area contributed by atoms with E-state index >= 15 is 0 Å². The highest BCUT2D eigenvalue weighted by atomic mass is 16.3. The molecule has 1 aliphatic carbocycles. The Labute approximate surface area is 139 Å². The molecule has 2 amide bonds. The first-order valence-electron chi connectivity index (χ1n) is 8.12. The van der Waals surface area contributed by atoms with Gasteiger partial charge in [-0.1, -0.05) is 6.07 Å². The van der Waals surface area contributed by atoms with Gasteiger partial charge in [-0.2, -0.15) is 0 Å². The quantitative estimate of drug-likeness (QED) is 0.754. The van der Waals surface area contributed by atoms with Crippen LogP contribution in [0.15, 0.2) is 47.1 Å². The average molecular weight is 322 g/mol. The summed E-state index contributed by atoms with van der Waals surface area (Å²) in [6, 6.07) is 9.15. The number of aromatic nitrogens is 2. The fraction of sp³-hybridized carbons (Fsp3) is 0.278. The Balaban J connectivity index is 1.34. The normalized spacial score (nSPS) is 13.8. The first-order chi connectivity index (χ1) is 11.8. The molecule has 0 aliphatic heterocycles. The van der Waals surface area contributed by atoms with E-state index in [2.05, 4.69) is 20.6 Å². The first kappa shape index (κ1) is 14.7. The van der Waals surface area contributed by atoms with Gasteiger partial charge in [0.25, 0.3) is 0 Å². The molecular formula is C18H18N4O2. The van der Waals surface area contributed by atoms with Gasteiger partial charge in [0.1, 0.15) is 5.52 Å². The van der Waals surface area contributed by atoms with E-state index in [0.29, 0.717) is 18.2 Å². The Kier molecular flexibility index (Phi) is 3.86. The van der Waals surface area contributed by atoms with Gasteiger partial charge in [-0.05, 0) is 49.1 Å². The number of rotatable bonds is 5. The Bertz CT molecular complexity index is 856. The molecule has 1 aliphatic rings. The molecule has 2 aromatic heterocycles. The Morgan fingerprint density at radius 1 is 1.29 bits per heavy atom. The van der Waals surface area contributed by atoms with Crippen molar-refractivity contribution in [1.29, 1.82) is 0 Å². The van der Waals surface area contributed by atoms with Crippen LogP contribution in [-0.2, 0) is 6.42 Å². The van der Waals surface area contributed by atoms with E-state index in [1.54, 1.807) is 12.4 Å². The van der Waals surface area contributed by atoms with Gasteiger partial charge in [0.15, 0.2) is 11.5 Å². The zero-order valence-corrected chi connectivity index (χ0v) is 13.2. The summed E-state index contributed by atoms with van der Waals surface area (Å²) in [7, 11) is 0. The van der Waals surface area contributed by atoms with Gasteiger partial charge >= 0.3 is 6.03 Å². The van der Waals surface area contributed by atoms with E-state index in [-0.39, 0.29) is 6.03 Å². The number of benzene rings is 1. The minimum Gasteiger partial charge on any atom is -0.440 e. The van der Waals surface area contributed by atoms with Crippen molar-refractivity contribution in [3.63, 3.8) is 0 Å². The highest BCUT2D eigenvalue weighted by molar-refractivity contribution is 5.91. The smallest absolute Gasteiger partial charge is 0.319 e. The number of hydrogen-bond donors (Lipinski definition) is 2. The number of anilines is 1. The van der Waals surface area contributed by atoms with Crippen LogP contribution in [0, 0.1) is 0 Å². The summed E-state index contributed by atoms with van der Waals surface area (Å²) in [4.78, 5) is 20.5. The molecular weight excluding hydrogens is 304 g/mol. The lowest BCUT2D eigenvalue weighted by Gasteiger charge is -2.07. The van der Waals surface area contributed by atoms with Crippen LogP contribution in [0.2, 0.25) is 0 Å². The predicted molar refractivity (Wildman–Crippen MR) is 90.9 cm³/mol. The van der Waals surface area contributed by atoms with Gasteiger partial charge < -0.3 is 15.1 Å². The van der Waals surface area contributed by atoms with Crippen LogP contribution in [0.25, 0.3) is 11.1 Å². The second-order valence-electron chi connectivity index (χ2n) is 6.00. The third-order valence-corrected chi connectivity index (χ3v) is 4.01. The van der Waals surface area contributed by atoms with Crippen LogP contribution < -0.4 is 10.6 Å². The average Bonchev–Trinajstić information content (AvgIpc) is 3.35. The van der Waals surface area contributed by atoms with E-state index in [1.165, 1.54) is 0 Å². The zero-order chi connectivity index (χ0) is 16.4. The molecule has 122 valence electrons. The molecule has 0 bridgehead atoms. The number of carbonyl (C=O) groups excluding carboxylic acids is 1. The second-order valence-corrected chi connectivity index (χ2v) is 6.00. The number of fused-ring (bicyclic) bond motifs is 1. The zero-order valence-electron chi connectivity index (χ0n) is 13.2. The number of amides is 2. The fourth-order valence-electron chi connectivity index (χ4n) is 2.57. The van der Waals surface area contributed by atoms with Crippen molar-refractivity contribution in [3.05, 3.63) is 54.2 Å². The van der Waals surface area contributed by atoms with Crippen LogP contribution in [0.1, 0.15) is 30.2 Å². The van der Waals surface area contributed by atoms with E-state index in [4.69, 9.17) is 4.42 Å². The van der Waals surface area contributed by atoms with Gasteiger partial charge in [-0.25, -0.2) is 9.78 Å². The number of pyridine rings is 1. The van der Waals surface area contributed by atoms with Gasteiger partial charge in [0, 0.05) is 30.5 Å². The maximum atomic E-state index is 12.0. The summed E-state index contributed by atoms with van der Waals surface area (Å²) in [5.74, 6) is 1.28. The van der Waals surface area contributed by atoms with Crippen molar-refractivity contribution in [3.8, 4) is 0 Å². The van der Waals surface area contributed by atoms with Crippen molar-refractivity contribution in [2.45, 2.75) is 25.2 Å². The number of nitrogens with zero attached hydrogens (tertiary/aromatic N) is 2. The topological polar surface area (TPSA) is 80.0 Å². The summed E-state index contributed by atoms with van der Waals surface area (Å²) in [6.07, 6.45) is 6.58. The molecule has 24 heavy (non-hydrogen) atoms. The van der Waals surface area contributed by atoms with Crippen molar-refractivity contribution < 1.29 is 9.21 Å². The van der Waals surface area contributed by atoms with Gasteiger partial charge in [0.05, 0.1) is 0 Å². The van der Waals surface area contributed by atoms with E-state index < -0.39 is 0 Å². The van der Waals surface area contributed by atoms with Crippen LogP contribution in [0.5, 0.6) is 0 Å². The first-order valence-corrected chi connectivity index (χ1v) is 8.12. The molecule has 0 spiro atoms. The van der Waals surface area contributed by atoms with Crippen LogP contribution in [-0.4, -0.2) is 22.5 Å². The minimum absolute atomic E-state index is 0.232. The van der Waals surface area contributed by atoms with Crippen LogP contribution in [0.3, 0.4) is 0 Å². The molecule has 0 saturated heterocycles. The molecule has 6 nitrogen and oxygen atoms in total. The number of carbonyl (C=O) groups is 1. The van der Waals surface area contributed by atoms with Gasteiger partial charge in [-0.15, -0.1) is 0 Å². The molecule has 1 saturated carbocycles. The fourth-order valence-corrected chi connectivity index (χ4v) is 2.57. The Morgan fingerprint density at radius 3 is 3.00 bits per heavy atom. The number of nitrogens with one attached hydrogen (secondary N) is 2. The summed E-state index contributed by atoms with van der Waals surface area (Å²) in [5, 5.41) is 5.67. The summed E-state index contributed by atoms with van der Waals surface area (Å²) in [5.41, 5.74) is 3.34. The number of oxazole rings is 1. The van der Waals surface area contributed by atoms with Crippen molar-refractivity contribution in [1.82, 2.24) is 15.3 Å². The molecule has 0 unspecified atom stereocenters. The molecule has 1 fully saturated rings. The van der Waals surface area contributed by atoms with Crippen molar-refractivity contribution in [2.24, 2.45) is 0 Å². The lowest BCUT2D eigenvalue weighted by molar-refractivity contribution is 0.252. The monoisotopic (exact) mass is 322 g/mol. The highest BCUT2D eigenvalue weighted by Crippen LogP contribution is 2.40. The largest absolute Gasteiger partial charge is 0.440 e. The standard InChI is InChI=1S/C18H18N4O2/c23-18(20-9-7-12-2-1-8-19-11-12)21-14-5-6-16-15(10-14)22-17(24-16)13-3-4-13/h1-2,5-6,8,10-11,13H,3-4,7,9H2,(H2,20,21,23). The molecule has 0 atom stereocenters. The molecule has 1 aromatic carbocycles. The van der Waals surface area contributed by atoms with E-state index in [1.807, 2.05) is 30.3 Å². The molecule has 2 heterocycles. The molecule has 2 N–H and O–H groups in total. The maximum Gasteiger partial charge on any atom is 0.319 e. The lowest BCUT2D eigenvalue weighted by atomic mass is 10.2. The molecule has 3 aromatic rings. The van der Waals surface area contributed by atoms with Crippen molar-refractivity contribution >= 4 is 22.8 Å². The summed E-state index contributed by atoms with van der Waals surface area (Å²) >= 11 is 0. The predicted octanol–water partition coefficient (Wildman–Crippen LogP) is 3.46. The third kappa shape index (κ3) is 3.37. The van der Waals surface area contributed by atoms with Crippen LogP contribution in [0.4, 0.5) is 10.5 Å². The number of urea groups is 1. The Morgan fingerprint density at radius 2 is 2.21 bits per heavy atom. The summed E-state index contributed by atoms with van der Waals surface area (Å²) < 4.78 is 5.72. The van der Waals surface area contributed by atoms with Crippen molar-refractivity contribution in [2.75, 3.05) is 11.9 Å².